The standard InChI is InChI=1S/C9H14N2O/c1-2-3-4-5-9-6-7-11(12)8-10-9/h6-8H,2-5H2,1H3. The molecule has 1 heterocycles. The molecule has 3 heteroatoms. The molecule has 0 aromatic carbocycles. The van der Waals surface area contributed by atoms with Crippen molar-refractivity contribution in [1.82, 2.24) is 4.98 Å². The van der Waals surface area contributed by atoms with Gasteiger partial charge in [0.2, 0.25) is 0 Å². The highest BCUT2D eigenvalue weighted by Gasteiger charge is 1.98. The minimum absolute atomic E-state index is 0.712. The molecule has 1 rings (SSSR count). The monoisotopic (exact) mass is 166 g/mol. The topological polar surface area (TPSA) is 39.8 Å². The van der Waals surface area contributed by atoms with Crippen LogP contribution in [0.5, 0.6) is 0 Å². The van der Waals surface area contributed by atoms with Gasteiger partial charge in [-0.2, -0.15) is 0 Å². The van der Waals surface area contributed by atoms with E-state index in [9.17, 15) is 5.21 Å². The molecule has 0 aliphatic carbocycles. The molecule has 0 N–H and O–H groups in total. The van der Waals surface area contributed by atoms with Crippen molar-refractivity contribution in [2.45, 2.75) is 32.6 Å². The second kappa shape index (κ2) is 4.70. The summed E-state index contributed by atoms with van der Waals surface area (Å²) in [4.78, 5) is 4.00. The first kappa shape index (κ1) is 8.97. The fourth-order valence-electron chi connectivity index (χ4n) is 1.08. The summed E-state index contributed by atoms with van der Waals surface area (Å²) in [7, 11) is 0. The number of unbranched alkanes of at least 4 members (excludes halogenated alkanes) is 2. The van der Waals surface area contributed by atoms with Crippen LogP contribution in [-0.2, 0) is 6.42 Å². The molecule has 0 fully saturated rings. The number of aryl methyl sites for hydroxylation is 1. The predicted molar refractivity (Wildman–Crippen MR) is 46.4 cm³/mol. The maximum Gasteiger partial charge on any atom is 0.289 e. The van der Waals surface area contributed by atoms with E-state index in [1.807, 2.05) is 0 Å². The first-order chi connectivity index (χ1) is 5.83. The van der Waals surface area contributed by atoms with Crippen LogP contribution in [0.25, 0.3) is 0 Å². The lowest BCUT2D eigenvalue weighted by atomic mass is 10.1. The van der Waals surface area contributed by atoms with Gasteiger partial charge in [-0.05, 0) is 6.42 Å². The van der Waals surface area contributed by atoms with Gasteiger partial charge in [0, 0.05) is 12.5 Å². The largest absolute Gasteiger partial charge is 0.711 e. The highest BCUT2D eigenvalue weighted by molar-refractivity contribution is 4.95. The van der Waals surface area contributed by atoms with E-state index in [0.717, 1.165) is 18.5 Å². The number of rotatable bonds is 4. The Hall–Kier alpha value is -1.12. The van der Waals surface area contributed by atoms with Gasteiger partial charge in [0.05, 0.1) is 6.20 Å². The van der Waals surface area contributed by atoms with Gasteiger partial charge in [-0.15, -0.1) is 0 Å². The first-order valence-corrected chi connectivity index (χ1v) is 4.36. The average molecular weight is 166 g/mol. The average Bonchev–Trinajstić information content (AvgIpc) is 2.09. The molecule has 12 heavy (non-hydrogen) atoms. The molecule has 1 aromatic rings. The number of hydrogen-bond acceptors (Lipinski definition) is 2. The molecule has 1 aromatic heterocycles. The van der Waals surface area contributed by atoms with Crippen molar-refractivity contribution in [1.29, 1.82) is 0 Å². The Bertz CT molecular complexity index is 220. The van der Waals surface area contributed by atoms with Crippen LogP contribution < -0.4 is 4.73 Å². The van der Waals surface area contributed by atoms with E-state index in [0.29, 0.717) is 4.73 Å². The van der Waals surface area contributed by atoms with Gasteiger partial charge in [0.25, 0.3) is 6.33 Å². The molecular formula is C9H14N2O. The zero-order valence-electron chi connectivity index (χ0n) is 7.36. The minimum Gasteiger partial charge on any atom is -0.711 e. The maximum atomic E-state index is 10.6. The summed E-state index contributed by atoms with van der Waals surface area (Å²) in [5.74, 6) is 0. The zero-order valence-corrected chi connectivity index (χ0v) is 7.36. The van der Waals surface area contributed by atoms with Crippen molar-refractivity contribution in [3.8, 4) is 0 Å². The number of hydrogen-bond donors (Lipinski definition) is 0. The quantitative estimate of drug-likeness (QED) is 0.386. The summed E-state index contributed by atoms with van der Waals surface area (Å²) in [6, 6.07) is 1.78. The van der Waals surface area contributed by atoms with Crippen LogP contribution in [0.15, 0.2) is 18.6 Å². The third-order valence-electron chi connectivity index (χ3n) is 1.79. The van der Waals surface area contributed by atoms with E-state index in [2.05, 4.69) is 11.9 Å². The van der Waals surface area contributed by atoms with Crippen LogP contribution >= 0.6 is 0 Å². The van der Waals surface area contributed by atoms with Crippen molar-refractivity contribution in [2.75, 3.05) is 0 Å². The summed E-state index contributed by atoms with van der Waals surface area (Å²) >= 11 is 0. The molecule has 0 bridgehead atoms. The zero-order chi connectivity index (χ0) is 8.81. The summed E-state index contributed by atoms with van der Waals surface area (Å²) in [6.45, 7) is 2.17. The Morgan fingerprint density at radius 1 is 1.50 bits per heavy atom. The van der Waals surface area contributed by atoms with E-state index in [1.54, 1.807) is 6.07 Å². The van der Waals surface area contributed by atoms with Crippen LogP contribution in [0.4, 0.5) is 0 Å². The molecule has 0 radical (unpaired) electrons. The van der Waals surface area contributed by atoms with Crippen molar-refractivity contribution < 1.29 is 4.73 Å². The molecule has 0 saturated heterocycles. The third-order valence-corrected chi connectivity index (χ3v) is 1.79. The van der Waals surface area contributed by atoms with Crippen molar-refractivity contribution in [3.63, 3.8) is 0 Å². The molecule has 0 spiro atoms. The number of nitrogens with zero attached hydrogens (tertiary/aromatic N) is 2. The SMILES string of the molecule is CCCCCc1cc[n+]([O-])cn1. The molecule has 0 saturated carbocycles. The van der Waals surface area contributed by atoms with Gasteiger partial charge in [0.15, 0.2) is 5.69 Å². The highest BCUT2D eigenvalue weighted by Crippen LogP contribution is 2.01. The minimum atomic E-state index is 0.712. The van der Waals surface area contributed by atoms with E-state index < -0.39 is 0 Å². The van der Waals surface area contributed by atoms with Gasteiger partial charge in [-0.3, -0.25) is 0 Å². The summed E-state index contributed by atoms with van der Waals surface area (Å²) < 4.78 is 0.712. The fourth-order valence-corrected chi connectivity index (χ4v) is 1.08. The second-order valence-corrected chi connectivity index (χ2v) is 2.87. The lowest BCUT2D eigenvalue weighted by Crippen LogP contribution is -2.25. The Kier molecular flexibility index (Phi) is 3.51. The molecule has 0 unspecified atom stereocenters. The summed E-state index contributed by atoms with van der Waals surface area (Å²) in [5, 5.41) is 10.6. The second-order valence-electron chi connectivity index (χ2n) is 2.87. The summed E-state index contributed by atoms with van der Waals surface area (Å²) in [6.07, 6.45) is 7.39. The first-order valence-electron chi connectivity index (χ1n) is 4.36. The van der Waals surface area contributed by atoms with Crippen LogP contribution in [0.1, 0.15) is 31.9 Å². The molecule has 0 aliphatic rings. The number of aromatic nitrogens is 2. The lowest BCUT2D eigenvalue weighted by molar-refractivity contribution is -0.608. The van der Waals surface area contributed by atoms with E-state index in [4.69, 9.17) is 0 Å². The van der Waals surface area contributed by atoms with Crippen LogP contribution in [0.2, 0.25) is 0 Å². The fraction of sp³-hybridized carbons (Fsp3) is 0.556. The Morgan fingerprint density at radius 3 is 2.92 bits per heavy atom. The Balaban J connectivity index is 2.37. The van der Waals surface area contributed by atoms with E-state index >= 15 is 0 Å². The van der Waals surface area contributed by atoms with Gasteiger partial charge in [-0.25, -0.2) is 4.73 Å². The third kappa shape index (κ3) is 2.86. The van der Waals surface area contributed by atoms with Crippen molar-refractivity contribution >= 4 is 0 Å². The van der Waals surface area contributed by atoms with Gasteiger partial charge >= 0.3 is 0 Å². The molecule has 0 atom stereocenters. The Labute approximate surface area is 72.7 Å². The normalized spacial score (nSPS) is 10.1. The van der Waals surface area contributed by atoms with Gasteiger partial charge < -0.3 is 5.21 Å². The van der Waals surface area contributed by atoms with Crippen LogP contribution in [-0.4, -0.2) is 4.98 Å². The maximum absolute atomic E-state index is 10.6. The van der Waals surface area contributed by atoms with Gasteiger partial charge in [-0.1, -0.05) is 24.7 Å². The highest BCUT2D eigenvalue weighted by atomic mass is 16.5. The predicted octanol–water partition coefficient (Wildman–Crippen LogP) is 1.45. The van der Waals surface area contributed by atoms with Crippen LogP contribution in [0, 0.1) is 5.21 Å². The van der Waals surface area contributed by atoms with E-state index in [1.165, 1.54) is 25.4 Å². The summed E-state index contributed by atoms with van der Waals surface area (Å²) in [5.41, 5.74) is 1.01. The van der Waals surface area contributed by atoms with Crippen LogP contribution in [0.3, 0.4) is 0 Å². The molecule has 0 aliphatic heterocycles. The lowest BCUT2D eigenvalue weighted by Gasteiger charge is -1.98. The Morgan fingerprint density at radius 2 is 2.33 bits per heavy atom. The molecular weight excluding hydrogens is 152 g/mol. The molecule has 3 nitrogen and oxygen atoms in total. The molecule has 0 amide bonds. The van der Waals surface area contributed by atoms with Gasteiger partial charge in [0.1, 0.15) is 0 Å². The van der Waals surface area contributed by atoms with Crippen molar-refractivity contribution in [3.05, 3.63) is 29.5 Å². The van der Waals surface area contributed by atoms with E-state index in [-0.39, 0.29) is 0 Å². The smallest absolute Gasteiger partial charge is 0.289 e. The van der Waals surface area contributed by atoms with Crippen molar-refractivity contribution in [2.24, 2.45) is 0 Å². The molecule has 66 valence electrons.